The number of hydrogen-bond acceptors (Lipinski definition) is 2. The van der Waals surface area contributed by atoms with Gasteiger partial charge in [-0.25, -0.2) is 0 Å². The van der Waals surface area contributed by atoms with Crippen LogP contribution in [0.1, 0.15) is 44.6 Å². The predicted molar refractivity (Wildman–Crippen MR) is 86.6 cm³/mol. The highest BCUT2D eigenvalue weighted by Gasteiger charge is 2.62. The van der Waals surface area contributed by atoms with Crippen LogP contribution < -0.4 is 5.32 Å². The molecule has 2 saturated heterocycles. The zero-order chi connectivity index (χ0) is 14.0. The van der Waals surface area contributed by atoms with Gasteiger partial charge in [0.05, 0.1) is 0 Å². The predicted octanol–water partition coefficient (Wildman–Crippen LogP) is 3.63. The van der Waals surface area contributed by atoms with E-state index in [2.05, 4.69) is 41.4 Å². The number of anilines is 1. The summed E-state index contributed by atoms with van der Waals surface area (Å²) >= 11 is 0. The number of fused-ring (bicyclic) bond motifs is 1. The second kappa shape index (κ2) is 4.25. The van der Waals surface area contributed by atoms with Crippen LogP contribution in [0.15, 0.2) is 24.3 Å². The monoisotopic (exact) mass is 282 g/mol. The molecule has 1 aromatic rings. The molecule has 1 aromatic carbocycles. The van der Waals surface area contributed by atoms with E-state index in [1.165, 1.54) is 50.9 Å². The largest absolute Gasteiger partial charge is 0.381 e. The van der Waals surface area contributed by atoms with Gasteiger partial charge in [-0.05, 0) is 55.7 Å². The summed E-state index contributed by atoms with van der Waals surface area (Å²) < 4.78 is 0. The van der Waals surface area contributed by atoms with E-state index in [0.717, 1.165) is 17.9 Å². The molecule has 1 saturated carbocycles. The maximum atomic E-state index is 3.89. The smallest absolute Gasteiger partial charge is 0.0382 e. The summed E-state index contributed by atoms with van der Waals surface area (Å²) in [7, 11) is 0. The van der Waals surface area contributed by atoms with Crippen molar-refractivity contribution < 1.29 is 0 Å². The third kappa shape index (κ3) is 1.47. The Hall–Kier alpha value is -1.02. The summed E-state index contributed by atoms with van der Waals surface area (Å²) in [4.78, 5) is 2.87. The van der Waals surface area contributed by atoms with Crippen molar-refractivity contribution in [1.29, 1.82) is 0 Å². The fourth-order valence-electron chi connectivity index (χ4n) is 6.30. The second-order valence-corrected chi connectivity index (χ2v) is 7.82. The minimum atomic E-state index is 0.429. The van der Waals surface area contributed by atoms with Gasteiger partial charge in [-0.1, -0.05) is 31.5 Å². The number of hydrogen-bond donors (Lipinski definition) is 1. The molecule has 2 nitrogen and oxygen atoms in total. The molecule has 4 aliphatic rings. The normalized spacial score (nSPS) is 43.9. The Morgan fingerprint density at radius 1 is 1.29 bits per heavy atom. The van der Waals surface area contributed by atoms with Gasteiger partial charge < -0.3 is 5.32 Å². The fourth-order valence-corrected chi connectivity index (χ4v) is 6.30. The number of piperidine rings is 1. The molecule has 1 spiro atoms. The van der Waals surface area contributed by atoms with Crippen LogP contribution in [0.25, 0.3) is 0 Å². The average molecular weight is 282 g/mol. The molecule has 0 unspecified atom stereocenters. The fraction of sp³-hybridized carbons (Fsp3) is 0.684. The Morgan fingerprint density at radius 2 is 2.19 bits per heavy atom. The third-order valence-corrected chi connectivity index (χ3v) is 7.09. The van der Waals surface area contributed by atoms with Gasteiger partial charge in [0.1, 0.15) is 0 Å². The Kier molecular flexibility index (Phi) is 2.54. The summed E-state index contributed by atoms with van der Waals surface area (Å²) in [5.74, 6) is 1.89. The van der Waals surface area contributed by atoms with Crippen molar-refractivity contribution in [3.63, 3.8) is 0 Å². The maximum absolute atomic E-state index is 3.89. The highest BCUT2D eigenvalue weighted by molar-refractivity contribution is 5.64. The third-order valence-electron chi connectivity index (χ3n) is 7.09. The van der Waals surface area contributed by atoms with Crippen LogP contribution in [-0.2, 0) is 5.41 Å². The number of benzene rings is 1. The highest BCUT2D eigenvalue weighted by atomic mass is 15.2. The van der Waals surface area contributed by atoms with Gasteiger partial charge in [-0.2, -0.15) is 0 Å². The minimum Gasteiger partial charge on any atom is -0.381 e. The zero-order valence-electron chi connectivity index (χ0n) is 13.0. The van der Waals surface area contributed by atoms with Crippen LogP contribution in [0.4, 0.5) is 5.69 Å². The first-order valence-electron chi connectivity index (χ1n) is 8.93. The molecular formula is C19H26N2. The van der Waals surface area contributed by atoms with Crippen molar-refractivity contribution in [3.05, 3.63) is 29.8 Å². The van der Waals surface area contributed by atoms with Crippen molar-refractivity contribution in [2.75, 3.05) is 18.4 Å². The molecule has 5 atom stereocenters. The van der Waals surface area contributed by atoms with E-state index < -0.39 is 0 Å². The van der Waals surface area contributed by atoms with Gasteiger partial charge >= 0.3 is 0 Å². The van der Waals surface area contributed by atoms with Gasteiger partial charge in [-0.3, -0.25) is 4.90 Å². The van der Waals surface area contributed by atoms with Gasteiger partial charge in [0.15, 0.2) is 0 Å². The Bertz CT molecular complexity index is 568. The van der Waals surface area contributed by atoms with Crippen LogP contribution >= 0.6 is 0 Å². The molecule has 3 fully saturated rings. The number of rotatable bonds is 1. The summed E-state index contributed by atoms with van der Waals surface area (Å²) in [6.07, 6.45) is 7.03. The first-order chi connectivity index (χ1) is 10.3. The van der Waals surface area contributed by atoms with Crippen LogP contribution in [0.5, 0.6) is 0 Å². The number of para-hydroxylation sites is 1. The Morgan fingerprint density at radius 3 is 3.10 bits per heavy atom. The molecule has 0 amide bonds. The molecule has 112 valence electrons. The minimum absolute atomic E-state index is 0.429. The number of nitrogens with zero attached hydrogens (tertiary/aromatic N) is 1. The molecule has 0 aromatic heterocycles. The molecule has 21 heavy (non-hydrogen) atoms. The lowest BCUT2D eigenvalue weighted by Crippen LogP contribution is -2.59. The van der Waals surface area contributed by atoms with Crippen LogP contribution in [0, 0.1) is 11.8 Å². The first kappa shape index (κ1) is 12.5. The summed E-state index contributed by atoms with van der Waals surface area (Å²) in [6, 6.07) is 10.7. The summed E-state index contributed by atoms with van der Waals surface area (Å²) in [5.41, 5.74) is 3.50. The maximum Gasteiger partial charge on any atom is 0.0382 e. The molecule has 0 bridgehead atoms. The second-order valence-electron chi connectivity index (χ2n) is 7.82. The lowest BCUT2D eigenvalue weighted by Gasteiger charge is -2.52. The van der Waals surface area contributed by atoms with E-state index in [-0.39, 0.29) is 0 Å². The van der Waals surface area contributed by atoms with E-state index in [0.29, 0.717) is 11.5 Å². The lowest BCUT2D eigenvalue weighted by atomic mass is 9.59. The topological polar surface area (TPSA) is 15.3 Å². The standard InChI is InChI=1S/C19H26N2/c1-2-13-11-14-7-8-17-19(9-10-21(12-13)18(14)19)15-5-3-4-6-16(15)20-17/h3-6,13-14,17-18,20H,2,7-12H2,1H3/t13-,14-,17+,18+,19+/m0/s1. The van der Waals surface area contributed by atoms with E-state index in [1.807, 2.05) is 0 Å². The van der Waals surface area contributed by atoms with E-state index in [1.54, 1.807) is 5.56 Å². The molecule has 2 heteroatoms. The van der Waals surface area contributed by atoms with Crippen molar-refractivity contribution in [1.82, 2.24) is 4.90 Å². The summed E-state index contributed by atoms with van der Waals surface area (Å²) in [6.45, 7) is 5.06. The van der Waals surface area contributed by atoms with Crippen molar-refractivity contribution >= 4 is 5.69 Å². The van der Waals surface area contributed by atoms with Gasteiger partial charge in [0, 0.05) is 29.7 Å². The Balaban J connectivity index is 1.62. The van der Waals surface area contributed by atoms with Crippen molar-refractivity contribution in [3.8, 4) is 0 Å². The van der Waals surface area contributed by atoms with Gasteiger partial charge in [0.2, 0.25) is 0 Å². The zero-order valence-corrected chi connectivity index (χ0v) is 13.0. The van der Waals surface area contributed by atoms with E-state index in [4.69, 9.17) is 0 Å². The van der Waals surface area contributed by atoms with E-state index >= 15 is 0 Å². The van der Waals surface area contributed by atoms with Gasteiger partial charge in [0.25, 0.3) is 0 Å². The molecule has 1 N–H and O–H groups in total. The molecule has 0 radical (unpaired) electrons. The van der Waals surface area contributed by atoms with Crippen LogP contribution in [0.3, 0.4) is 0 Å². The first-order valence-corrected chi connectivity index (χ1v) is 8.93. The summed E-state index contributed by atoms with van der Waals surface area (Å²) in [5, 5.41) is 3.89. The van der Waals surface area contributed by atoms with Gasteiger partial charge in [-0.15, -0.1) is 0 Å². The SMILES string of the molecule is CC[C@H]1C[C@@H]2CC[C@H]3Nc4ccccc4[C@]34CCN(C1)[C@H]24. The molecule has 1 aliphatic carbocycles. The quantitative estimate of drug-likeness (QED) is 0.846. The molecule has 3 aliphatic heterocycles. The average Bonchev–Trinajstić information content (AvgIpc) is 3.07. The number of nitrogens with one attached hydrogen (secondary N) is 1. The Labute approximate surface area is 127 Å². The lowest BCUT2D eigenvalue weighted by molar-refractivity contribution is 0.0248. The molecular weight excluding hydrogens is 256 g/mol. The van der Waals surface area contributed by atoms with E-state index in [9.17, 15) is 0 Å². The molecule has 5 rings (SSSR count). The van der Waals surface area contributed by atoms with Crippen LogP contribution in [0.2, 0.25) is 0 Å². The van der Waals surface area contributed by atoms with Crippen molar-refractivity contribution in [2.45, 2.75) is 56.5 Å². The molecule has 3 heterocycles. The van der Waals surface area contributed by atoms with Crippen LogP contribution in [-0.4, -0.2) is 30.1 Å². The van der Waals surface area contributed by atoms with Crippen molar-refractivity contribution in [2.24, 2.45) is 11.8 Å². The highest BCUT2D eigenvalue weighted by Crippen LogP contribution is 2.59.